The van der Waals surface area contributed by atoms with Crippen molar-refractivity contribution in [3.05, 3.63) is 83.0 Å². The van der Waals surface area contributed by atoms with Crippen LogP contribution in [-0.4, -0.2) is 9.38 Å². The van der Waals surface area contributed by atoms with Crippen molar-refractivity contribution in [2.24, 2.45) is 0 Å². The molecule has 0 aliphatic heterocycles. The second-order valence-electron chi connectivity index (χ2n) is 7.00. The summed E-state index contributed by atoms with van der Waals surface area (Å²) < 4.78 is 2.15. The molecule has 0 atom stereocenters. The van der Waals surface area contributed by atoms with Crippen LogP contribution in [0, 0.1) is 27.7 Å². The number of hydrogen-bond acceptors (Lipinski definition) is 2. The Balaban J connectivity index is 1.96. The van der Waals surface area contributed by atoms with E-state index in [1.54, 1.807) is 0 Å². The Morgan fingerprint density at radius 2 is 1.54 bits per heavy atom. The molecule has 0 radical (unpaired) electrons. The van der Waals surface area contributed by atoms with Gasteiger partial charge < -0.3 is 5.32 Å². The van der Waals surface area contributed by atoms with Crippen molar-refractivity contribution in [2.45, 2.75) is 27.7 Å². The van der Waals surface area contributed by atoms with Gasteiger partial charge in [0.15, 0.2) is 0 Å². The van der Waals surface area contributed by atoms with Gasteiger partial charge in [-0.05, 0) is 56.5 Å². The van der Waals surface area contributed by atoms with Crippen molar-refractivity contribution >= 4 is 17.2 Å². The molecule has 2 aromatic heterocycles. The topological polar surface area (TPSA) is 29.3 Å². The highest BCUT2D eigenvalue weighted by molar-refractivity contribution is 5.81. The third-order valence-corrected chi connectivity index (χ3v) is 4.78. The maximum absolute atomic E-state index is 4.92. The van der Waals surface area contributed by atoms with Gasteiger partial charge in [0, 0.05) is 17.4 Å². The maximum atomic E-state index is 4.92. The maximum Gasteiger partial charge on any atom is 0.143 e. The lowest BCUT2D eigenvalue weighted by Gasteiger charge is -2.14. The lowest BCUT2D eigenvalue weighted by molar-refractivity contribution is 1.15. The van der Waals surface area contributed by atoms with Crippen molar-refractivity contribution < 1.29 is 0 Å². The molecule has 4 aromatic rings. The van der Waals surface area contributed by atoms with Gasteiger partial charge in [-0.1, -0.05) is 48.0 Å². The third-order valence-electron chi connectivity index (χ3n) is 4.78. The van der Waals surface area contributed by atoms with E-state index >= 15 is 0 Å². The molecule has 26 heavy (non-hydrogen) atoms. The lowest BCUT2D eigenvalue weighted by atomic mass is 10.1. The minimum absolute atomic E-state index is 0.945. The van der Waals surface area contributed by atoms with Gasteiger partial charge in [0.05, 0.1) is 0 Å². The number of hydrogen-bond donors (Lipinski definition) is 1. The highest BCUT2D eigenvalue weighted by atomic mass is 15.1. The van der Waals surface area contributed by atoms with E-state index in [0.717, 1.165) is 28.4 Å². The summed E-state index contributed by atoms with van der Waals surface area (Å²) >= 11 is 0. The molecule has 0 saturated heterocycles. The van der Waals surface area contributed by atoms with E-state index < -0.39 is 0 Å². The minimum atomic E-state index is 0.945. The first-order valence-electron chi connectivity index (χ1n) is 8.92. The number of para-hydroxylation sites is 1. The van der Waals surface area contributed by atoms with Crippen LogP contribution in [0.4, 0.5) is 11.5 Å². The van der Waals surface area contributed by atoms with Gasteiger partial charge in [0.25, 0.3) is 0 Å². The summed E-state index contributed by atoms with van der Waals surface area (Å²) in [5.41, 5.74) is 9.07. The van der Waals surface area contributed by atoms with Crippen LogP contribution >= 0.6 is 0 Å². The van der Waals surface area contributed by atoms with Gasteiger partial charge in [-0.25, -0.2) is 4.98 Å². The summed E-state index contributed by atoms with van der Waals surface area (Å²) in [6, 6.07) is 19.0. The van der Waals surface area contributed by atoms with Gasteiger partial charge in [0.2, 0.25) is 0 Å². The molecule has 2 aromatic carbocycles. The van der Waals surface area contributed by atoms with Crippen LogP contribution in [0.25, 0.3) is 16.9 Å². The van der Waals surface area contributed by atoms with Crippen LogP contribution in [0.1, 0.15) is 22.3 Å². The SMILES string of the molecule is Cc1cccc(-c2nc3ccc(C)cn3c2Nc2c(C)cccc2C)c1. The number of aryl methyl sites for hydroxylation is 4. The first-order valence-corrected chi connectivity index (χ1v) is 8.92. The fourth-order valence-electron chi connectivity index (χ4n) is 3.39. The summed E-state index contributed by atoms with van der Waals surface area (Å²) in [5, 5.41) is 3.68. The van der Waals surface area contributed by atoms with Crippen LogP contribution in [0.2, 0.25) is 0 Å². The molecular formula is C23H23N3. The van der Waals surface area contributed by atoms with E-state index in [1.807, 2.05) is 0 Å². The molecule has 4 rings (SSSR count). The van der Waals surface area contributed by atoms with Gasteiger partial charge in [-0.15, -0.1) is 0 Å². The van der Waals surface area contributed by atoms with Crippen LogP contribution in [-0.2, 0) is 0 Å². The first kappa shape index (κ1) is 16.4. The molecule has 0 unspecified atom stereocenters. The van der Waals surface area contributed by atoms with E-state index in [2.05, 4.69) is 98.2 Å². The van der Waals surface area contributed by atoms with Gasteiger partial charge in [-0.2, -0.15) is 0 Å². The van der Waals surface area contributed by atoms with Gasteiger partial charge in [-0.3, -0.25) is 4.40 Å². The number of anilines is 2. The zero-order valence-electron chi connectivity index (χ0n) is 15.7. The number of nitrogens with one attached hydrogen (secondary N) is 1. The number of benzene rings is 2. The van der Waals surface area contributed by atoms with E-state index in [-0.39, 0.29) is 0 Å². The quantitative estimate of drug-likeness (QED) is 0.497. The Kier molecular flexibility index (Phi) is 4.00. The fourth-order valence-corrected chi connectivity index (χ4v) is 3.39. The molecule has 0 aliphatic carbocycles. The van der Waals surface area contributed by atoms with Crippen LogP contribution in [0.3, 0.4) is 0 Å². The van der Waals surface area contributed by atoms with Crippen molar-refractivity contribution in [1.29, 1.82) is 0 Å². The highest BCUT2D eigenvalue weighted by Gasteiger charge is 2.16. The molecule has 3 nitrogen and oxygen atoms in total. The molecule has 0 saturated carbocycles. The lowest BCUT2D eigenvalue weighted by Crippen LogP contribution is -2.01. The Hall–Kier alpha value is -3.07. The molecule has 0 spiro atoms. The number of imidazole rings is 1. The molecule has 0 amide bonds. The first-order chi connectivity index (χ1) is 12.5. The fraction of sp³-hybridized carbons (Fsp3) is 0.174. The van der Waals surface area contributed by atoms with Crippen molar-refractivity contribution in [3.8, 4) is 11.3 Å². The Bertz CT molecular complexity index is 1090. The zero-order chi connectivity index (χ0) is 18.3. The molecule has 1 N–H and O–H groups in total. The summed E-state index contributed by atoms with van der Waals surface area (Å²) in [5.74, 6) is 1.01. The molecule has 0 aliphatic rings. The van der Waals surface area contributed by atoms with Gasteiger partial charge in [0.1, 0.15) is 17.2 Å². The minimum Gasteiger partial charge on any atom is -0.339 e. The predicted octanol–water partition coefficient (Wildman–Crippen LogP) is 5.98. The van der Waals surface area contributed by atoms with E-state index in [1.165, 1.54) is 22.3 Å². The number of nitrogens with zero attached hydrogens (tertiary/aromatic N) is 2. The van der Waals surface area contributed by atoms with Crippen molar-refractivity contribution in [3.63, 3.8) is 0 Å². The molecule has 3 heteroatoms. The summed E-state index contributed by atoms with van der Waals surface area (Å²) in [6.07, 6.45) is 2.14. The predicted molar refractivity (Wildman–Crippen MR) is 109 cm³/mol. The molecule has 0 bridgehead atoms. The Labute approximate surface area is 154 Å². The van der Waals surface area contributed by atoms with Crippen molar-refractivity contribution in [2.75, 3.05) is 5.32 Å². The van der Waals surface area contributed by atoms with Crippen LogP contribution in [0.15, 0.2) is 60.8 Å². The van der Waals surface area contributed by atoms with Crippen molar-refractivity contribution in [1.82, 2.24) is 9.38 Å². The zero-order valence-corrected chi connectivity index (χ0v) is 15.7. The molecule has 2 heterocycles. The second-order valence-corrected chi connectivity index (χ2v) is 7.00. The largest absolute Gasteiger partial charge is 0.339 e. The smallest absolute Gasteiger partial charge is 0.143 e. The standard InChI is InChI=1S/C23H23N3/c1-15-7-5-10-19(13-15)22-23(25-21-17(3)8-6-9-18(21)4)26-14-16(2)11-12-20(26)24-22/h5-14,25H,1-4H3. The average molecular weight is 341 g/mol. The molecule has 0 fully saturated rings. The highest BCUT2D eigenvalue weighted by Crippen LogP contribution is 2.33. The van der Waals surface area contributed by atoms with Gasteiger partial charge >= 0.3 is 0 Å². The Morgan fingerprint density at radius 1 is 0.808 bits per heavy atom. The summed E-state index contributed by atoms with van der Waals surface area (Å²) in [4.78, 5) is 4.92. The monoisotopic (exact) mass is 341 g/mol. The Morgan fingerprint density at radius 3 is 2.27 bits per heavy atom. The van der Waals surface area contributed by atoms with Crippen LogP contribution < -0.4 is 5.32 Å². The van der Waals surface area contributed by atoms with E-state index in [9.17, 15) is 0 Å². The number of rotatable bonds is 3. The number of fused-ring (bicyclic) bond motifs is 1. The normalized spacial score (nSPS) is 11.1. The van der Waals surface area contributed by atoms with Crippen LogP contribution in [0.5, 0.6) is 0 Å². The third kappa shape index (κ3) is 2.86. The average Bonchev–Trinajstić information content (AvgIpc) is 2.96. The molecular weight excluding hydrogens is 318 g/mol. The molecule has 130 valence electrons. The van der Waals surface area contributed by atoms with E-state index in [4.69, 9.17) is 4.98 Å². The summed E-state index contributed by atoms with van der Waals surface area (Å²) in [7, 11) is 0. The second kappa shape index (κ2) is 6.34. The summed E-state index contributed by atoms with van der Waals surface area (Å²) in [6.45, 7) is 8.49. The van der Waals surface area contributed by atoms with E-state index in [0.29, 0.717) is 0 Å². The number of pyridine rings is 1. The number of aromatic nitrogens is 2.